The Morgan fingerprint density at radius 1 is 1.08 bits per heavy atom. The van der Waals surface area contributed by atoms with Gasteiger partial charge < -0.3 is 10.1 Å². The van der Waals surface area contributed by atoms with E-state index in [1.807, 2.05) is 13.8 Å². The van der Waals surface area contributed by atoms with Crippen LogP contribution < -0.4 is 10.0 Å². The molecule has 0 spiro atoms. The molecule has 0 bridgehead atoms. The van der Waals surface area contributed by atoms with E-state index in [2.05, 4.69) is 30.8 Å². The summed E-state index contributed by atoms with van der Waals surface area (Å²) in [5.41, 5.74) is -0.269. The average Bonchev–Trinajstić information content (AvgIpc) is 2.40. The first-order chi connectivity index (χ1) is 11.7. The number of nitrogens with one attached hydrogen (secondary N) is 2. The molecule has 1 rings (SSSR count). The molecule has 8 heteroatoms. The Morgan fingerprint density at radius 2 is 1.65 bits per heavy atom. The smallest absolute Gasteiger partial charge is 0.340 e. The third-order valence-electron chi connectivity index (χ3n) is 3.23. The van der Waals surface area contributed by atoms with Crippen molar-refractivity contribution in [1.82, 2.24) is 5.32 Å². The molecule has 0 radical (unpaired) electrons. The Kier molecular flexibility index (Phi) is 6.82. The van der Waals surface area contributed by atoms with Crippen molar-refractivity contribution in [2.24, 2.45) is 5.41 Å². The highest BCUT2D eigenvalue weighted by Crippen LogP contribution is 2.26. The van der Waals surface area contributed by atoms with Gasteiger partial charge in [-0.15, -0.1) is 0 Å². The second-order valence-corrected chi connectivity index (χ2v) is 9.91. The van der Waals surface area contributed by atoms with Crippen molar-refractivity contribution in [2.45, 2.75) is 46.6 Å². The predicted molar refractivity (Wildman–Crippen MR) is 101 cm³/mol. The van der Waals surface area contributed by atoms with Crippen LogP contribution in [-0.4, -0.2) is 38.7 Å². The highest BCUT2D eigenvalue weighted by atomic mass is 32.2. The van der Waals surface area contributed by atoms with E-state index in [1.165, 1.54) is 12.1 Å². The van der Waals surface area contributed by atoms with Crippen LogP contribution >= 0.6 is 0 Å². The molecule has 0 fully saturated rings. The van der Waals surface area contributed by atoms with Crippen LogP contribution in [0.1, 0.15) is 51.4 Å². The molecule has 0 aliphatic carbocycles. The molecule has 0 aliphatic heterocycles. The zero-order chi connectivity index (χ0) is 20.2. The normalized spacial score (nSPS) is 12.4. The van der Waals surface area contributed by atoms with Crippen molar-refractivity contribution in [2.75, 3.05) is 17.6 Å². The van der Waals surface area contributed by atoms with E-state index in [4.69, 9.17) is 4.74 Å². The van der Waals surface area contributed by atoms with Crippen molar-refractivity contribution in [3.63, 3.8) is 0 Å². The molecule has 0 heterocycles. The zero-order valence-corrected chi connectivity index (χ0v) is 17.0. The fourth-order valence-corrected chi connectivity index (χ4v) is 3.52. The summed E-state index contributed by atoms with van der Waals surface area (Å²) in [7, 11) is -3.54. The van der Waals surface area contributed by atoms with Gasteiger partial charge in [0.1, 0.15) is 0 Å². The van der Waals surface area contributed by atoms with Gasteiger partial charge in [-0.25, -0.2) is 13.2 Å². The van der Waals surface area contributed by atoms with Crippen molar-refractivity contribution in [1.29, 1.82) is 0 Å². The number of carbonyl (C=O) groups is 2. The maximum atomic E-state index is 12.2. The standard InChI is InChI=1S/C18H28N2O5S/c1-17(2,3)12-18(4,5)19-15(21)11-25-16(22)13-9-7-8-10-14(13)20-26(6,23)24/h7-10,20H,11-12H2,1-6H3,(H,19,21). The van der Waals surface area contributed by atoms with Crippen molar-refractivity contribution >= 4 is 27.6 Å². The molecule has 0 unspecified atom stereocenters. The third-order valence-corrected chi connectivity index (χ3v) is 3.82. The molecule has 0 atom stereocenters. The molecule has 26 heavy (non-hydrogen) atoms. The summed E-state index contributed by atoms with van der Waals surface area (Å²) in [6.07, 6.45) is 1.74. The monoisotopic (exact) mass is 384 g/mol. The summed E-state index contributed by atoms with van der Waals surface area (Å²) in [4.78, 5) is 24.3. The minimum atomic E-state index is -3.54. The maximum absolute atomic E-state index is 12.2. The Bertz CT molecular complexity index is 764. The fourth-order valence-electron chi connectivity index (χ4n) is 2.94. The van der Waals surface area contributed by atoms with E-state index in [0.717, 1.165) is 12.7 Å². The highest BCUT2D eigenvalue weighted by molar-refractivity contribution is 7.92. The Labute approximate surface area is 155 Å². The van der Waals surface area contributed by atoms with Crippen LogP contribution in [0, 0.1) is 5.41 Å². The number of ether oxygens (including phenoxy) is 1. The molecule has 1 aromatic carbocycles. The number of benzene rings is 1. The lowest BCUT2D eigenvalue weighted by molar-refractivity contribution is -0.126. The molecule has 0 saturated carbocycles. The van der Waals surface area contributed by atoms with Gasteiger partial charge in [-0.2, -0.15) is 0 Å². The van der Waals surface area contributed by atoms with Crippen LogP contribution in [0.2, 0.25) is 0 Å². The third kappa shape index (κ3) is 8.33. The first-order valence-electron chi connectivity index (χ1n) is 8.23. The second-order valence-electron chi connectivity index (χ2n) is 8.17. The first-order valence-corrected chi connectivity index (χ1v) is 10.1. The molecule has 0 aliphatic rings. The van der Waals surface area contributed by atoms with Crippen LogP contribution in [0.15, 0.2) is 24.3 Å². The van der Waals surface area contributed by atoms with Gasteiger partial charge >= 0.3 is 5.97 Å². The number of hydrogen-bond donors (Lipinski definition) is 2. The zero-order valence-electron chi connectivity index (χ0n) is 16.2. The molecule has 7 nitrogen and oxygen atoms in total. The van der Waals surface area contributed by atoms with Crippen molar-refractivity contribution in [3.8, 4) is 0 Å². The van der Waals surface area contributed by atoms with Crippen LogP contribution in [0.3, 0.4) is 0 Å². The molecule has 0 aromatic heterocycles. The Hall–Kier alpha value is -2.09. The number of para-hydroxylation sites is 1. The van der Waals surface area contributed by atoms with Crippen LogP contribution in [0.5, 0.6) is 0 Å². The van der Waals surface area contributed by atoms with Crippen LogP contribution in [-0.2, 0) is 19.6 Å². The minimum Gasteiger partial charge on any atom is -0.452 e. The number of sulfonamides is 1. The number of rotatable bonds is 7. The minimum absolute atomic E-state index is 0.0315. The van der Waals surface area contributed by atoms with E-state index in [-0.39, 0.29) is 16.7 Å². The number of carbonyl (C=O) groups excluding carboxylic acids is 2. The van der Waals surface area contributed by atoms with Crippen molar-refractivity contribution in [3.05, 3.63) is 29.8 Å². The summed E-state index contributed by atoms with van der Waals surface area (Å²) in [6, 6.07) is 6.05. The second kappa shape index (κ2) is 8.07. The predicted octanol–water partition coefficient (Wildman–Crippen LogP) is 2.55. The SMILES string of the molecule is CC(C)(C)CC(C)(C)NC(=O)COC(=O)c1ccccc1NS(C)(=O)=O. The summed E-state index contributed by atoms with van der Waals surface area (Å²) >= 11 is 0. The lowest BCUT2D eigenvalue weighted by atomic mass is 9.82. The molecular formula is C18H28N2O5S. The first kappa shape index (κ1) is 22.0. The number of amides is 1. The van der Waals surface area contributed by atoms with Gasteiger partial charge in [0.05, 0.1) is 17.5 Å². The summed E-state index contributed by atoms with van der Waals surface area (Å²) in [5.74, 6) is -1.19. The maximum Gasteiger partial charge on any atom is 0.340 e. The van der Waals surface area contributed by atoms with Gasteiger partial charge in [-0.05, 0) is 37.8 Å². The largest absolute Gasteiger partial charge is 0.452 e. The molecule has 146 valence electrons. The quantitative estimate of drug-likeness (QED) is 0.704. The molecule has 0 saturated heterocycles. The number of anilines is 1. The Morgan fingerprint density at radius 3 is 2.19 bits per heavy atom. The van der Waals surface area contributed by atoms with E-state index in [1.54, 1.807) is 12.1 Å². The van der Waals surface area contributed by atoms with Gasteiger partial charge in [0.2, 0.25) is 10.0 Å². The van der Waals surface area contributed by atoms with Gasteiger partial charge in [0.25, 0.3) is 5.91 Å². The number of hydrogen-bond acceptors (Lipinski definition) is 5. The van der Waals surface area contributed by atoms with Gasteiger partial charge in [0, 0.05) is 5.54 Å². The van der Waals surface area contributed by atoms with E-state index in [9.17, 15) is 18.0 Å². The summed E-state index contributed by atoms with van der Waals surface area (Å²) in [5, 5.41) is 2.84. The van der Waals surface area contributed by atoms with Crippen LogP contribution in [0.4, 0.5) is 5.69 Å². The van der Waals surface area contributed by atoms with Crippen molar-refractivity contribution < 1.29 is 22.7 Å². The Balaban J connectivity index is 2.71. The molecule has 1 amide bonds. The van der Waals surface area contributed by atoms with E-state index in [0.29, 0.717) is 0 Å². The van der Waals surface area contributed by atoms with E-state index >= 15 is 0 Å². The van der Waals surface area contributed by atoms with Crippen LogP contribution in [0.25, 0.3) is 0 Å². The molecule has 1 aromatic rings. The average molecular weight is 384 g/mol. The lowest BCUT2D eigenvalue weighted by Gasteiger charge is -2.33. The van der Waals surface area contributed by atoms with Gasteiger partial charge in [-0.1, -0.05) is 32.9 Å². The molecule has 2 N–H and O–H groups in total. The summed E-state index contributed by atoms with van der Waals surface area (Å²) < 4.78 is 30.1. The van der Waals surface area contributed by atoms with Gasteiger partial charge in [-0.3, -0.25) is 9.52 Å². The highest BCUT2D eigenvalue weighted by Gasteiger charge is 2.27. The topological polar surface area (TPSA) is 102 Å². The van der Waals surface area contributed by atoms with E-state index < -0.39 is 34.0 Å². The lowest BCUT2D eigenvalue weighted by Crippen LogP contribution is -2.47. The van der Waals surface area contributed by atoms with Gasteiger partial charge in [0.15, 0.2) is 6.61 Å². The number of esters is 1. The summed E-state index contributed by atoms with van der Waals surface area (Å²) in [6.45, 7) is 9.60. The fraction of sp³-hybridized carbons (Fsp3) is 0.556. The molecular weight excluding hydrogens is 356 g/mol.